The first-order valence-corrected chi connectivity index (χ1v) is 8.60. The van der Waals surface area contributed by atoms with Crippen molar-refractivity contribution in [3.05, 3.63) is 83.6 Å². The molecule has 6 nitrogen and oxygen atoms in total. The minimum Gasteiger partial charge on any atom is -0.366 e. The maximum Gasteiger partial charge on any atom is 0.272 e. The van der Waals surface area contributed by atoms with E-state index in [0.717, 1.165) is 12.0 Å². The van der Waals surface area contributed by atoms with Crippen LogP contribution in [-0.2, 0) is 19.5 Å². The highest BCUT2D eigenvalue weighted by atomic mass is 16.2. The molecule has 1 aliphatic heterocycles. The van der Waals surface area contributed by atoms with Crippen molar-refractivity contribution in [3.8, 4) is 0 Å². The van der Waals surface area contributed by atoms with Crippen molar-refractivity contribution in [2.24, 2.45) is 0 Å². The van der Waals surface area contributed by atoms with Gasteiger partial charge in [-0.2, -0.15) is 0 Å². The lowest BCUT2D eigenvalue weighted by atomic mass is 10.00. The molecule has 1 amide bonds. The van der Waals surface area contributed by atoms with Gasteiger partial charge >= 0.3 is 0 Å². The van der Waals surface area contributed by atoms with Crippen molar-refractivity contribution < 1.29 is 4.79 Å². The monoisotopic (exact) mass is 345 g/mol. The summed E-state index contributed by atoms with van der Waals surface area (Å²) >= 11 is 0. The maximum absolute atomic E-state index is 12.8. The predicted molar refractivity (Wildman–Crippen MR) is 98.5 cm³/mol. The van der Waals surface area contributed by atoms with E-state index in [4.69, 9.17) is 0 Å². The fourth-order valence-corrected chi connectivity index (χ4v) is 3.10. The highest BCUT2D eigenvalue weighted by molar-refractivity contribution is 5.93. The smallest absolute Gasteiger partial charge is 0.272 e. The van der Waals surface area contributed by atoms with E-state index in [9.17, 15) is 4.79 Å². The highest BCUT2D eigenvalue weighted by Gasteiger charge is 2.22. The van der Waals surface area contributed by atoms with Gasteiger partial charge in [-0.05, 0) is 29.2 Å². The van der Waals surface area contributed by atoms with Crippen LogP contribution in [-0.4, -0.2) is 32.3 Å². The third-order valence-electron chi connectivity index (χ3n) is 4.50. The van der Waals surface area contributed by atoms with Crippen LogP contribution >= 0.6 is 0 Å². The Hall–Kier alpha value is -3.28. The summed E-state index contributed by atoms with van der Waals surface area (Å²) in [5, 5.41) is 3.21. The minimum absolute atomic E-state index is 0.0636. The number of pyridine rings is 1. The number of carbonyl (C=O) groups excluding carboxylic acids is 1. The highest BCUT2D eigenvalue weighted by Crippen LogP contribution is 2.20. The zero-order chi connectivity index (χ0) is 17.8. The van der Waals surface area contributed by atoms with Crippen molar-refractivity contribution in [1.82, 2.24) is 19.9 Å². The van der Waals surface area contributed by atoms with E-state index in [-0.39, 0.29) is 5.91 Å². The molecule has 3 aromatic rings. The Morgan fingerprint density at radius 3 is 2.85 bits per heavy atom. The van der Waals surface area contributed by atoms with Crippen LogP contribution in [0.1, 0.15) is 27.2 Å². The predicted octanol–water partition coefficient (Wildman–Crippen LogP) is 2.68. The lowest BCUT2D eigenvalue weighted by Crippen LogP contribution is -2.36. The van der Waals surface area contributed by atoms with E-state index in [0.29, 0.717) is 31.1 Å². The fraction of sp³-hybridized carbons (Fsp3) is 0.200. The molecule has 0 saturated carbocycles. The Morgan fingerprint density at radius 2 is 2.00 bits per heavy atom. The van der Waals surface area contributed by atoms with Gasteiger partial charge in [0.2, 0.25) is 0 Å². The molecule has 4 rings (SSSR count). The molecule has 3 heterocycles. The summed E-state index contributed by atoms with van der Waals surface area (Å²) in [7, 11) is 0. The molecule has 1 aliphatic rings. The molecule has 1 aromatic carbocycles. The number of fused-ring (bicyclic) bond motifs is 1. The van der Waals surface area contributed by atoms with Gasteiger partial charge in [-0.15, -0.1) is 0 Å². The van der Waals surface area contributed by atoms with Gasteiger partial charge in [0.15, 0.2) is 0 Å². The van der Waals surface area contributed by atoms with E-state index in [2.05, 4.69) is 32.4 Å². The van der Waals surface area contributed by atoms with Gasteiger partial charge in [-0.1, -0.05) is 30.3 Å². The Morgan fingerprint density at radius 1 is 1.12 bits per heavy atom. The van der Waals surface area contributed by atoms with Gasteiger partial charge in [-0.3, -0.25) is 9.78 Å². The van der Waals surface area contributed by atoms with Crippen LogP contribution in [0.5, 0.6) is 0 Å². The molecule has 0 saturated heterocycles. The van der Waals surface area contributed by atoms with E-state index in [1.165, 1.54) is 17.5 Å². The summed E-state index contributed by atoms with van der Waals surface area (Å²) in [5.74, 6) is 0.566. The molecule has 0 aliphatic carbocycles. The Balaban J connectivity index is 1.45. The quantitative estimate of drug-likeness (QED) is 0.787. The van der Waals surface area contributed by atoms with E-state index in [1.807, 2.05) is 29.2 Å². The molecule has 0 spiro atoms. The Labute approximate surface area is 151 Å². The second-order valence-corrected chi connectivity index (χ2v) is 6.25. The van der Waals surface area contributed by atoms with Crippen LogP contribution in [0.3, 0.4) is 0 Å². The maximum atomic E-state index is 12.8. The third-order valence-corrected chi connectivity index (χ3v) is 4.50. The van der Waals surface area contributed by atoms with Crippen molar-refractivity contribution in [2.45, 2.75) is 19.5 Å². The molecular weight excluding hydrogens is 326 g/mol. The van der Waals surface area contributed by atoms with Gasteiger partial charge in [0.1, 0.15) is 17.8 Å². The fourth-order valence-electron chi connectivity index (χ4n) is 3.10. The third kappa shape index (κ3) is 3.54. The molecule has 6 heteroatoms. The van der Waals surface area contributed by atoms with Gasteiger partial charge < -0.3 is 10.2 Å². The second-order valence-electron chi connectivity index (χ2n) is 6.25. The number of hydrogen-bond donors (Lipinski definition) is 1. The average molecular weight is 345 g/mol. The molecule has 0 fully saturated rings. The zero-order valence-electron chi connectivity index (χ0n) is 14.3. The molecule has 0 radical (unpaired) electrons. The molecule has 0 bridgehead atoms. The Kier molecular flexibility index (Phi) is 4.55. The lowest BCUT2D eigenvalue weighted by Gasteiger charge is -2.28. The molecule has 130 valence electrons. The number of nitrogens with one attached hydrogen (secondary N) is 1. The Bertz CT molecular complexity index is 913. The summed E-state index contributed by atoms with van der Waals surface area (Å²) in [4.78, 5) is 27.1. The molecule has 0 atom stereocenters. The number of aromatic nitrogens is 3. The largest absolute Gasteiger partial charge is 0.366 e. The molecule has 1 N–H and O–H groups in total. The van der Waals surface area contributed by atoms with Gasteiger partial charge in [0, 0.05) is 38.1 Å². The van der Waals surface area contributed by atoms with Gasteiger partial charge in [0.05, 0.1) is 0 Å². The first-order valence-electron chi connectivity index (χ1n) is 8.60. The van der Waals surface area contributed by atoms with Crippen molar-refractivity contribution >= 4 is 11.7 Å². The van der Waals surface area contributed by atoms with Crippen molar-refractivity contribution in [2.75, 3.05) is 11.9 Å². The molecule has 26 heavy (non-hydrogen) atoms. The summed E-state index contributed by atoms with van der Waals surface area (Å²) in [5.41, 5.74) is 3.98. The summed E-state index contributed by atoms with van der Waals surface area (Å²) in [6.45, 7) is 1.92. The molecule has 0 unspecified atom stereocenters. The number of hydrogen-bond acceptors (Lipinski definition) is 5. The normalized spacial score (nSPS) is 13.2. The number of nitrogens with zero attached hydrogens (tertiary/aromatic N) is 4. The number of benzene rings is 1. The number of anilines is 1. The van der Waals surface area contributed by atoms with E-state index >= 15 is 0 Å². The lowest BCUT2D eigenvalue weighted by molar-refractivity contribution is 0.0728. The van der Waals surface area contributed by atoms with Crippen LogP contribution in [0.25, 0.3) is 0 Å². The van der Waals surface area contributed by atoms with Gasteiger partial charge in [0.25, 0.3) is 5.91 Å². The SMILES string of the molecule is O=C(c1cc(NCc2cccnc2)ncn1)N1CCc2ccccc2C1. The van der Waals surface area contributed by atoms with Crippen LogP contribution in [0.4, 0.5) is 5.82 Å². The standard InChI is InChI=1S/C20H19N5O/c26-20(25-9-7-16-5-1-2-6-17(16)13-25)18-10-19(24-14-23-18)22-12-15-4-3-8-21-11-15/h1-6,8,10-11,14H,7,9,12-13H2,(H,22,23,24). The van der Waals surface area contributed by atoms with Crippen LogP contribution in [0.15, 0.2) is 61.2 Å². The first-order chi connectivity index (χ1) is 12.8. The van der Waals surface area contributed by atoms with Crippen molar-refractivity contribution in [3.63, 3.8) is 0 Å². The van der Waals surface area contributed by atoms with E-state index < -0.39 is 0 Å². The summed E-state index contributed by atoms with van der Waals surface area (Å²) < 4.78 is 0. The average Bonchev–Trinajstić information content (AvgIpc) is 2.72. The molecule has 2 aromatic heterocycles. The minimum atomic E-state index is -0.0636. The zero-order valence-corrected chi connectivity index (χ0v) is 14.3. The number of amides is 1. The number of rotatable bonds is 4. The molecular formula is C20H19N5O. The summed E-state index contributed by atoms with van der Waals surface area (Å²) in [6.07, 6.45) is 5.84. The first kappa shape index (κ1) is 16.2. The van der Waals surface area contributed by atoms with Crippen molar-refractivity contribution in [1.29, 1.82) is 0 Å². The second kappa shape index (κ2) is 7.31. The van der Waals surface area contributed by atoms with Crippen LogP contribution in [0, 0.1) is 0 Å². The number of carbonyl (C=O) groups is 1. The van der Waals surface area contributed by atoms with Crippen LogP contribution in [0.2, 0.25) is 0 Å². The van der Waals surface area contributed by atoms with Gasteiger partial charge in [-0.25, -0.2) is 9.97 Å². The summed E-state index contributed by atoms with van der Waals surface area (Å²) in [6, 6.07) is 13.8. The van der Waals surface area contributed by atoms with E-state index in [1.54, 1.807) is 18.5 Å². The topological polar surface area (TPSA) is 71.0 Å². The van der Waals surface area contributed by atoms with Crippen LogP contribution < -0.4 is 5.32 Å².